The molecule has 1 aliphatic heterocycles. The number of fused-ring (bicyclic) bond motifs is 1. The molecule has 0 saturated heterocycles. The van der Waals surface area contributed by atoms with E-state index in [0.29, 0.717) is 23.8 Å². The van der Waals surface area contributed by atoms with E-state index in [2.05, 4.69) is 15.5 Å². The Morgan fingerprint density at radius 2 is 1.94 bits per heavy atom. The number of benzene rings is 2. The van der Waals surface area contributed by atoms with E-state index in [1.807, 2.05) is 18.2 Å². The van der Waals surface area contributed by atoms with Gasteiger partial charge in [-0.05, 0) is 55.8 Å². The molecule has 1 amide bonds. The first-order chi connectivity index (χ1) is 15.0. The van der Waals surface area contributed by atoms with Gasteiger partial charge < -0.3 is 23.9 Å². The molecule has 31 heavy (non-hydrogen) atoms. The molecule has 3 aromatic rings. The van der Waals surface area contributed by atoms with E-state index in [-0.39, 0.29) is 29.6 Å². The summed E-state index contributed by atoms with van der Waals surface area (Å²) in [6, 6.07) is 11.2. The van der Waals surface area contributed by atoms with Crippen LogP contribution in [0.3, 0.4) is 0 Å². The molecule has 10 heteroatoms. The predicted octanol–water partition coefficient (Wildman–Crippen LogP) is 3.87. The number of rotatable bonds is 8. The van der Waals surface area contributed by atoms with Crippen molar-refractivity contribution in [3.05, 3.63) is 59.7 Å². The maximum Gasteiger partial charge on any atom is 0.277 e. The van der Waals surface area contributed by atoms with Gasteiger partial charge in [0.1, 0.15) is 11.6 Å². The highest BCUT2D eigenvalue weighted by Gasteiger charge is 2.21. The number of halogens is 1. The molecule has 4 rings (SSSR count). The minimum atomic E-state index is -0.526. The molecule has 8 nitrogen and oxygen atoms in total. The van der Waals surface area contributed by atoms with Crippen LogP contribution in [-0.4, -0.2) is 28.1 Å². The van der Waals surface area contributed by atoms with E-state index in [4.69, 9.17) is 18.6 Å². The Hall–Kier alpha value is -3.27. The van der Waals surface area contributed by atoms with Crippen LogP contribution in [0.15, 0.2) is 52.1 Å². The fraction of sp³-hybridized carbons (Fsp3) is 0.286. The van der Waals surface area contributed by atoms with Gasteiger partial charge in [0, 0.05) is 6.54 Å². The molecule has 0 fully saturated rings. The summed E-state index contributed by atoms with van der Waals surface area (Å²) < 4.78 is 34.9. The van der Waals surface area contributed by atoms with Crippen molar-refractivity contribution in [1.29, 1.82) is 0 Å². The van der Waals surface area contributed by atoms with Crippen molar-refractivity contribution >= 4 is 17.7 Å². The number of ether oxygens (including phenoxy) is 3. The molecule has 1 N–H and O–H groups in total. The molecule has 0 unspecified atom stereocenters. The van der Waals surface area contributed by atoms with E-state index in [0.717, 1.165) is 17.3 Å². The van der Waals surface area contributed by atoms with E-state index in [1.165, 1.54) is 24.3 Å². The second-order valence-corrected chi connectivity index (χ2v) is 8.08. The fourth-order valence-corrected chi connectivity index (χ4v) is 3.50. The maximum absolute atomic E-state index is 13.0. The van der Waals surface area contributed by atoms with Gasteiger partial charge in [0.2, 0.25) is 12.7 Å². The highest BCUT2D eigenvalue weighted by molar-refractivity contribution is 8.00. The van der Waals surface area contributed by atoms with Crippen molar-refractivity contribution < 1.29 is 27.8 Å². The average molecular weight is 445 g/mol. The summed E-state index contributed by atoms with van der Waals surface area (Å²) in [4.78, 5) is 12.4. The smallest absolute Gasteiger partial charge is 0.277 e. The fourth-order valence-electron chi connectivity index (χ4n) is 2.79. The molecule has 0 aliphatic carbocycles. The number of aromatic nitrogens is 2. The lowest BCUT2D eigenvalue weighted by Gasteiger charge is -2.11. The number of thioether (sulfide) groups is 1. The van der Waals surface area contributed by atoms with Crippen LogP contribution in [-0.2, 0) is 11.3 Å². The van der Waals surface area contributed by atoms with Crippen molar-refractivity contribution in [2.24, 2.45) is 0 Å². The Labute approximate surface area is 182 Å². The molecule has 0 bridgehead atoms. The van der Waals surface area contributed by atoms with Gasteiger partial charge in [-0.3, -0.25) is 4.79 Å². The van der Waals surface area contributed by atoms with Crippen molar-refractivity contribution in [2.45, 2.75) is 37.0 Å². The van der Waals surface area contributed by atoms with Crippen LogP contribution in [0.4, 0.5) is 4.39 Å². The zero-order valence-corrected chi connectivity index (χ0v) is 17.6. The predicted molar refractivity (Wildman–Crippen MR) is 109 cm³/mol. The first-order valence-electron chi connectivity index (χ1n) is 9.56. The largest absolute Gasteiger partial charge is 0.481 e. The third-order valence-corrected chi connectivity index (χ3v) is 5.38. The number of nitrogens with one attached hydrogen (secondary N) is 1. The summed E-state index contributed by atoms with van der Waals surface area (Å²) in [7, 11) is 0. The monoisotopic (exact) mass is 445 g/mol. The van der Waals surface area contributed by atoms with Gasteiger partial charge in [0.25, 0.3) is 11.1 Å². The lowest BCUT2D eigenvalue weighted by atomic mass is 10.2. The van der Waals surface area contributed by atoms with Gasteiger partial charge in [-0.25, -0.2) is 4.39 Å². The molecular formula is C21H20FN3O5S. The summed E-state index contributed by atoms with van der Waals surface area (Å²) in [6.07, 6.45) is -0.526. The van der Waals surface area contributed by atoms with Crippen molar-refractivity contribution in [3.63, 3.8) is 0 Å². The zero-order valence-electron chi connectivity index (χ0n) is 16.8. The molecule has 162 valence electrons. The molecule has 0 radical (unpaired) electrons. The number of nitrogens with zero attached hydrogens (tertiary/aromatic N) is 2. The van der Waals surface area contributed by atoms with Crippen LogP contribution in [0, 0.1) is 5.82 Å². The third kappa shape index (κ3) is 5.26. The highest BCUT2D eigenvalue weighted by Crippen LogP contribution is 2.32. The minimum absolute atomic E-state index is 0.168. The molecule has 2 heterocycles. The Balaban J connectivity index is 1.28. The molecule has 1 aliphatic rings. The molecule has 0 spiro atoms. The summed E-state index contributed by atoms with van der Waals surface area (Å²) in [5.41, 5.74) is 0.904. The second-order valence-electron chi connectivity index (χ2n) is 6.79. The summed E-state index contributed by atoms with van der Waals surface area (Å²) in [6.45, 7) is 4.06. The average Bonchev–Trinajstić information content (AvgIpc) is 3.42. The third-order valence-electron chi connectivity index (χ3n) is 4.45. The van der Waals surface area contributed by atoms with Gasteiger partial charge in [-0.1, -0.05) is 17.8 Å². The van der Waals surface area contributed by atoms with Gasteiger partial charge in [0.05, 0.1) is 5.25 Å². The number of amides is 1. The highest BCUT2D eigenvalue weighted by atomic mass is 32.2. The standard InChI is InChI=1S/C21H20FN3O5S/c1-12(29-16-6-4-15(22)5-7-16)20-24-25-21(30-20)31-13(2)19(26)23-10-14-3-8-17-18(9-14)28-11-27-17/h3-9,12-13H,10-11H2,1-2H3,(H,23,26)/t12-,13-/m1/s1. The van der Waals surface area contributed by atoms with Crippen LogP contribution in [0.2, 0.25) is 0 Å². The van der Waals surface area contributed by atoms with Crippen LogP contribution < -0.4 is 19.5 Å². The van der Waals surface area contributed by atoms with Crippen molar-refractivity contribution in [1.82, 2.24) is 15.5 Å². The van der Waals surface area contributed by atoms with Crippen LogP contribution in [0.1, 0.15) is 31.4 Å². The summed E-state index contributed by atoms with van der Waals surface area (Å²) >= 11 is 1.15. The van der Waals surface area contributed by atoms with Crippen LogP contribution in [0.25, 0.3) is 0 Å². The quantitative estimate of drug-likeness (QED) is 0.522. The van der Waals surface area contributed by atoms with Gasteiger partial charge in [-0.15, -0.1) is 10.2 Å². The Bertz CT molecular complexity index is 1060. The van der Waals surface area contributed by atoms with E-state index < -0.39 is 11.4 Å². The topological polar surface area (TPSA) is 95.7 Å². The number of carbonyl (C=O) groups is 1. The molecular weight excluding hydrogens is 425 g/mol. The molecule has 1 aromatic heterocycles. The second kappa shape index (κ2) is 9.25. The Kier molecular flexibility index (Phi) is 6.26. The lowest BCUT2D eigenvalue weighted by molar-refractivity contribution is -0.120. The van der Waals surface area contributed by atoms with E-state index >= 15 is 0 Å². The number of carbonyl (C=O) groups excluding carboxylic acids is 1. The Morgan fingerprint density at radius 3 is 2.74 bits per heavy atom. The first-order valence-corrected chi connectivity index (χ1v) is 10.4. The SMILES string of the molecule is C[C@@H](Sc1nnc([C@@H](C)Oc2ccc(F)cc2)o1)C(=O)NCc1ccc2c(c1)OCO2. The van der Waals surface area contributed by atoms with Gasteiger partial charge in [-0.2, -0.15) is 0 Å². The zero-order chi connectivity index (χ0) is 21.8. The summed E-state index contributed by atoms with van der Waals surface area (Å²) in [5.74, 6) is 1.60. The lowest BCUT2D eigenvalue weighted by Crippen LogP contribution is -2.30. The van der Waals surface area contributed by atoms with E-state index in [1.54, 1.807) is 13.8 Å². The maximum atomic E-state index is 13.0. The van der Waals surface area contributed by atoms with Crippen molar-refractivity contribution in [3.8, 4) is 17.2 Å². The minimum Gasteiger partial charge on any atom is -0.481 e. The Morgan fingerprint density at radius 1 is 1.16 bits per heavy atom. The molecule has 0 saturated carbocycles. The summed E-state index contributed by atoms with van der Waals surface area (Å²) in [5, 5.41) is 10.6. The number of hydrogen-bond donors (Lipinski definition) is 1. The molecule has 2 aromatic carbocycles. The van der Waals surface area contributed by atoms with Crippen molar-refractivity contribution in [2.75, 3.05) is 6.79 Å². The van der Waals surface area contributed by atoms with Crippen LogP contribution >= 0.6 is 11.8 Å². The van der Waals surface area contributed by atoms with Gasteiger partial charge in [0.15, 0.2) is 17.6 Å². The first kappa shape index (κ1) is 21.0. The molecule has 2 atom stereocenters. The normalized spacial score (nSPS) is 14.2. The van der Waals surface area contributed by atoms with E-state index in [9.17, 15) is 9.18 Å². The van der Waals surface area contributed by atoms with Gasteiger partial charge >= 0.3 is 0 Å². The van der Waals surface area contributed by atoms with Crippen LogP contribution in [0.5, 0.6) is 17.2 Å². The number of hydrogen-bond acceptors (Lipinski definition) is 8.